The maximum Gasteiger partial charge on any atom is 0.252 e. The van der Waals surface area contributed by atoms with Gasteiger partial charge in [-0.3, -0.25) is 4.79 Å². The summed E-state index contributed by atoms with van der Waals surface area (Å²) in [5, 5.41) is 12.5. The number of aliphatic hydroxyl groups excluding tert-OH is 1. The summed E-state index contributed by atoms with van der Waals surface area (Å²) in [5.41, 5.74) is 6.02. The van der Waals surface area contributed by atoms with Gasteiger partial charge in [0.2, 0.25) is 0 Å². The number of amides is 1. The molecule has 1 saturated carbocycles. The number of carbonyl (C=O) groups excluding carboxylic acids is 1. The third kappa shape index (κ3) is 3.00. The van der Waals surface area contributed by atoms with Crippen molar-refractivity contribution in [3.63, 3.8) is 0 Å². The Hall–Kier alpha value is -1.14. The number of aromatic nitrogens is 1. The van der Waals surface area contributed by atoms with E-state index in [0.717, 1.165) is 19.3 Å². The lowest BCUT2D eigenvalue weighted by Gasteiger charge is -2.15. The van der Waals surface area contributed by atoms with E-state index in [9.17, 15) is 9.90 Å². The van der Waals surface area contributed by atoms with Crippen LogP contribution in [0.3, 0.4) is 0 Å². The normalized spacial score (nSPS) is 23.0. The third-order valence-corrected chi connectivity index (χ3v) is 3.90. The van der Waals surface area contributed by atoms with Gasteiger partial charge >= 0.3 is 0 Å². The van der Waals surface area contributed by atoms with Crippen molar-refractivity contribution in [3.05, 3.63) is 22.3 Å². The number of hydrogen-bond donors (Lipinski definition) is 3. The molecule has 0 radical (unpaired) electrons. The highest BCUT2D eigenvalue weighted by Crippen LogP contribution is 2.25. The van der Waals surface area contributed by atoms with E-state index >= 15 is 0 Å². The van der Waals surface area contributed by atoms with E-state index in [4.69, 9.17) is 5.73 Å². The molecule has 0 bridgehead atoms. The Balaban J connectivity index is 1.97. The second kappa shape index (κ2) is 5.67. The van der Waals surface area contributed by atoms with Gasteiger partial charge in [0.1, 0.15) is 5.82 Å². The van der Waals surface area contributed by atoms with E-state index < -0.39 is 0 Å². The molecule has 18 heavy (non-hydrogen) atoms. The summed E-state index contributed by atoms with van der Waals surface area (Å²) in [6, 6.07) is 1.53. The SMILES string of the molecule is Nc1cc(C(=O)NCC2CCCC2O)c(Br)cn1. The number of rotatable bonds is 3. The Morgan fingerprint density at radius 1 is 1.61 bits per heavy atom. The van der Waals surface area contributed by atoms with Crippen LogP contribution in [0, 0.1) is 5.92 Å². The van der Waals surface area contributed by atoms with Crippen LogP contribution in [0.1, 0.15) is 29.6 Å². The fraction of sp³-hybridized carbons (Fsp3) is 0.500. The molecule has 0 spiro atoms. The van der Waals surface area contributed by atoms with Gasteiger partial charge in [-0.1, -0.05) is 6.42 Å². The van der Waals surface area contributed by atoms with Gasteiger partial charge in [-0.05, 0) is 34.8 Å². The predicted molar refractivity (Wildman–Crippen MR) is 72.0 cm³/mol. The second-order valence-corrected chi connectivity index (χ2v) is 5.41. The lowest BCUT2D eigenvalue weighted by molar-refractivity contribution is 0.0916. The second-order valence-electron chi connectivity index (χ2n) is 4.56. The molecule has 0 aromatic carbocycles. The summed E-state index contributed by atoms with van der Waals surface area (Å²) in [6.07, 6.45) is 4.02. The lowest BCUT2D eigenvalue weighted by Crippen LogP contribution is -2.32. The molecule has 4 N–H and O–H groups in total. The van der Waals surface area contributed by atoms with Gasteiger partial charge in [0, 0.05) is 23.1 Å². The molecule has 98 valence electrons. The molecule has 1 aromatic heterocycles. The Bertz CT molecular complexity index is 453. The molecule has 1 amide bonds. The molecule has 1 fully saturated rings. The summed E-state index contributed by atoms with van der Waals surface area (Å²) in [7, 11) is 0. The number of anilines is 1. The number of carbonyl (C=O) groups is 1. The van der Waals surface area contributed by atoms with Gasteiger partial charge in [-0.2, -0.15) is 0 Å². The van der Waals surface area contributed by atoms with Crippen LogP contribution in [0.4, 0.5) is 5.82 Å². The number of halogens is 1. The summed E-state index contributed by atoms with van der Waals surface area (Å²) < 4.78 is 0.612. The fourth-order valence-electron chi connectivity index (χ4n) is 2.20. The predicted octanol–water partition coefficient (Wildman–Crippen LogP) is 1.32. The Kier molecular flexibility index (Phi) is 4.19. The molecule has 2 rings (SSSR count). The summed E-state index contributed by atoms with van der Waals surface area (Å²) >= 11 is 3.27. The van der Waals surface area contributed by atoms with E-state index in [1.807, 2.05) is 0 Å². The van der Waals surface area contributed by atoms with Crippen LogP contribution >= 0.6 is 15.9 Å². The zero-order valence-corrected chi connectivity index (χ0v) is 11.5. The number of pyridine rings is 1. The zero-order valence-electron chi connectivity index (χ0n) is 9.90. The van der Waals surface area contributed by atoms with Gasteiger partial charge in [0.15, 0.2) is 0 Å². The first-order valence-corrected chi connectivity index (χ1v) is 6.74. The molecule has 0 aliphatic heterocycles. The smallest absolute Gasteiger partial charge is 0.252 e. The molecular formula is C12H16BrN3O2. The van der Waals surface area contributed by atoms with Gasteiger partial charge in [-0.25, -0.2) is 4.98 Å². The minimum Gasteiger partial charge on any atom is -0.393 e. The first-order chi connectivity index (χ1) is 8.58. The minimum absolute atomic E-state index is 0.159. The number of aliphatic hydroxyl groups is 1. The molecular weight excluding hydrogens is 298 g/mol. The topological polar surface area (TPSA) is 88.2 Å². The molecule has 2 atom stereocenters. The van der Waals surface area contributed by atoms with Crippen molar-refractivity contribution in [1.29, 1.82) is 0 Å². The highest BCUT2D eigenvalue weighted by atomic mass is 79.9. The zero-order chi connectivity index (χ0) is 13.1. The Morgan fingerprint density at radius 2 is 2.39 bits per heavy atom. The summed E-state index contributed by atoms with van der Waals surface area (Å²) in [6.45, 7) is 0.495. The maximum atomic E-state index is 12.0. The van der Waals surface area contributed by atoms with E-state index in [-0.39, 0.29) is 17.9 Å². The standard InChI is InChI=1S/C12H16BrN3O2/c13-9-6-15-11(14)4-8(9)12(18)16-5-7-2-1-3-10(7)17/h4,6-7,10,17H,1-3,5H2,(H2,14,15)(H,16,18). The molecule has 6 heteroatoms. The van der Waals surface area contributed by atoms with Crippen molar-refractivity contribution in [3.8, 4) is 0 Å². The van der Waals surface area contributed by atoms with Crippen LogP contribution in [0.5, 0.6) is 0 Å². The highest BCUT2D eigenvalue weighted by Gasteiger charge is 2.25. The fourth-order valence-corrected chi connectivity index (χ4v) is 2.60. The minimum atomic E-state index is -0.295. The highest BCUT2D eigenvalue weighted by molar-refractivity contribution is 9.10. The van der Waals surface area contributed by atoms with Crippen molar-refractivity contribution in [2.24, 2.45) is 5.92 Å². The van der Waals surface area contributed by atoms with E-state index in [1.165, 1.54) is 12.3 Å². The van der Waals surface area contributed by atoms with Crippen LogP contribution in [0.15, 0.2) is 16.7 Å². The number of nitrogens with zero attached hydrogens (tertiary/aromatic N) is 1. The first kappa shape index (κ1) is 13.3. The molecule has 0 saturated heterocycles. The van der Waals surface area contributed by atoms with Crippen molar-refractivity contribution in [2.75, 3.05) is 12.3 Å². The Morgan fingerprint density at radius 3 is 3.06 bits per heavy atom. The largest absolute Gasteiger partial charge is 0.393 e. The average molecular weight is 314 g/mol. The van der Waals surface area contributed by atoms with Gasteiger partial charge < -0.3 is 16.2 Å². The van der Waals surface area contributed by atoms with Gasteiger partial charge in [0.25, 0.3) is 5.91 Å². The lowest BCUT2D eigenvalue weighted by atomic mass is 10.1. The van der Waals surface area contributed by atoms with Crippen molar-refractivity contribution < 1.29 is 9.90 Å². The van der Waals surface area contributed by atoms with Crippen molar-refractivity contribution in [1.82, 2.24) is 10.3 Å². The van der Waals surface area contributed by atoms with Gasteiger partial charge in [-0.15, -0.1) is 0 Å². The van der Waals surface area contributed by atoms with Crippen LogP contribution < -0.4 is 11.1 Å². The van der Waals surface area contributed by atoms with Crippen LogP contribution in [0.25, 0.3) is 0 Å². The number of nitrogens with one attached hydrogen (secondary N) is 1. The summed E-state index contributed by atoms with van der Waals surface area (Å²) in [4.78, 5) is 15.9. The number of nitrogen functional groups attached to an aromatic ring is 1. The maximum absolute atomic E-state index is 12.0. The third-order valence-electron chi connectivity index (χ3n) is 3.26. The molecule has 1 aromatic rings. The van der Waals surface area contributed by atoms with E-state index in [0.29, 0.717) is 22.4 Å². The first-order valence-electron chi connectivity index (χ1n) is 5.95. The number of nitrogens with two attached hydrogens (primary N) is 1. The van der Waals surface area contributed by atoms with E-state index in [1.54, 1.807) is 0 Å². The molecule has 1 heterocycles. The van der Waals surface area contributed by atoms with Crippen molar-refractivity contribution >= 4 is 27.7 Å². The molecule has 5 nitrogen and oxygen atoms in total. The van der Waals surface area contributed by atoms with Crippen molar-refractivity contribution in [2.45, 2.75) is 25.4 Å². The van der Waals surface area contributed by atoms with Crippen LogP contribution in [-0.2, 0) is 0 Å². The number of hydrogen-bond acceptors (Lipinski definition) is 4. The molecule has 2 unspecified atom stereocenters. The quantitative estimate of drug-likeness (QED) is 0.785. The van der Waals surface area contributed by atoms with Gasteiger partial charge in [0.05, 0.1) is 11.7 Å². The average Bonchev–Trinajstić information content (AvgIpc) is 2.75. The monoisotopic (exact) mass is 313 g/mol. The Labute approximate surface area is 114 Å². The summed E-state index contributed by atoms with van der Waals surface area (Å²) in [5.74, 6) is 0.270. The van der Waals surface area contributed by atoms with E-state index in [2.05, 4.69) is 26.2 Å². The molecule has 1 aliphatic carbocycles. The molecule has 1 aliphatic rings. The van der Waals surface area contributed by atoms with Crippen LogP contribution in [-0.4, -0.2) is 28.6 Å². The van der Waals surface area contributed by atoms with Crippen LogP contribution in [0.2, 0.25) is 0 Å².